The number of hydrogen-bond acceptors (Lipinski definition) is 6. The molecule has 0 saturated carbocycles. The molecule has 0 radical (unpaired) electrons. The quantitative estimate of drug-likeness (QED) is 0.605. The van der Waals surface area contributed by atoms with Crippen molar-refractivity contribution >= 4 is 23.5 Å². The van der Waals surface area contributed by atoms with Gasteiger partial charge in [0.15, 0.2) is 5.79 Å². The summed E-state index contributed by atoms with van der Waals surface area (Å²) in [5.74, 6) is 1.82. The summed E-state index contributed by atoms with van der Waals surface area (Å²) in [6, 6.07) is 10.2. The lowest BCUT2D eigenvalue weighted by Crippen LogP contribution is -2.35. The van der Waals surface area contributed by atoms with E-state index in [1.165, 1.54) is 12.0 Å². The Bertz CT molecular complexity index is 561. The Balaban J connectivity index is 1.45. The molecule has 4 nitrogen and oxygen atoms in total. The summed E-state index contributed by atoms with van der Waals surface area (Å²) in [5, 5.41) is 10.7. The molecule has 1 N–H and O–H groups in total. The van der Waals surface area contributed by atoms with Gasteiger partial charge < -0.3 is 19.3 Å². The van der Waals surface area contributed by atoms with Crippen molar-refractivity contribution in [2.45, 2.75) is 68.2 Å². The van der Waals surface area contributed by atoms with Crippen molar-refractivity contribution in [3.8, 4) is 0 Å². The summed E-state index contributed by atoms with van der Waals surface area (Å²) >= 11 is 3.98. The van der Waals surface area contributed by atoms with Gasteiger partial charge in [-0.05, 0) is 56.6 Å². The van der Waals surface area contributed by atoms with Gasteiger partial charge in [0.25, 0.3) is 0 Å². The summed E-state index contributed by atoms with van der Waals surface area (Å²) in [4.78, 5) is 0. The van der Waals surface area contributed by atoms with E-state index in [0.29, 0.717) is 26.2 Å². The average molecular weight is 413 g/mol. The highest BCUT2D eigenvalue weighted by Gasteiger charge is 2.42. The van der Waals surface area contributed by atoms with Gasteiger partial charge in [0.2, 0.25) is 0 Å². The second-order valence-corrected chi connectivity index (χ2v) is 11.0. The number of aliphatic hydroxyl groups is 1. The third kappa shape index (κ3) is 6.94. The minimum absolute atomic E-state index is 0.0194. The van der Waals surface area contributed by atoms with Crippen molar-refractivity contribution in [2.75, 3.05) is 24.7 Å². The Morgan fingerprint density at radius 2 is 1.96 bits per heavy atom. The van der Waals surface area contributed by atoms with Crippen LogP contribution in [0.1, 0.15) is 45.1 Å². The molecule has 2 saturated heterocycles. The van der Waals surface area contributed by atoms with Gasteiger partial charge in [-0.15, -0.1) is 23.5 Å². The van der Waals surface area contributed by atoms with E-state index in [1.54, 1.807) is 0 Å². The van der Waals surface area contributed by atoms with E-state index in [2.05, 4.69) is 12.1 Å². The molecule has 0 amide bonds. The first-order valence-corrected chi connectivity index (χ1v) is 11.8. The van der Waals surface area contributed by atoms with Crippen LogP contribution < -0.4 is 0 Å². The SMILES string of the molecule is CC1(C)OC[C@H](CC2(C[C@H](O)CCOCc3ccccc3)SCCCS2)O1. The molecule has 2 atom stereocenters. The Morgan fingerprint density at radius 3 is 2.63 bits per heavy atom. The van der Waals surface area contributed by atoms with Crippen molar-refractivity contribution in [1.29, 1.82) is 0 Å². The topological polar surface area (TPSA) is 47.9 Å². The molecular formula is C21H32O4S2. The number of rotatable bonds is 9. The molecule has 152 valence electrons. The van der Waals surface area contributed by atoms with Crippen LogP contribution in [0, 0.1) is 0 Å². The first-order valence-electron chi connectivity index (χ1n) is 9.86. The number of thioether (sulfide) groups is 2. The highest BCUT2D eigenvalue weighted by Crippen LogP contribution is 2.50. The van der Waals surface area contributed by atoms with E-state index in [9.17, 15) is 5.11 Å². The lowest BCUT2D eigenvalue weighted by atomic mass is 10.1. The number of benzene rings is 1. The van der Waals surface area contributed by atoms with E-state index in [0.717, 1.165) is 24.3 Å². The maximum Gasteiger partial charge on any atom is 0.163 e. The van der Waals surface area contributed by atoms with Crippen LogP contribution in [0.25, 0.3) is 0 Å². The van der Waals surface area contributed by atoms with Gasteiger partial charge in [0.05, 0.1) is 29.5 Å². The monoisotopic (exact) mass is 412 g/mol. The van der Waals surface area contributed by atoms with Gasteiger partial charge >= 0.3 is 0 Å². The maximum absolute atomic E-state index is 10.7. The number of aliphatic hydroxyl groups excluding tert-OH is 1. The molecule has 0 aliphatic carbocycles. The zero-order valence-electron chi connectivity index (χ0n) is 16.4. The molecule has 0 unspecified atom stereocenters. The fourth-order valence-electron chi connectivity index (χ4n) is 3.59. The van der Waals surface area contributed by atoms with Gasteiger partial charge in [0.1, 0.15) is 0 Å². The molecule has 2 fully saturated rings. The lowest BCUT2D eigenvalue weighted by Gasteiger charge is -2.39. The van der Waals surface area contributed by atoms with Gasteiger partial charge in [-0.2, -0.15) is 0 Å². The first-order chi connectivity index (χ1) is 13.0. The normalized spacial score (nSPS) is 25.4. The third-order valence-electron chi connectivity index (χ3n) is 4.88. The molecular weight excluding hydrogens is 380 g/mol. The zero-order valence-corrected chi connectivity index (χ0v) is 18.0. The van der Waals surface area contributed by atoms with Gasteiger partial charge in [-0.25, -0.2) is 0 Å². The smallest absolute Gasteiger partial charge is 0.163 e. The first kappa shape index (κ1) is 21.5. The fourth-order valence-corrected chi connectivity index (χ4v) is 7.16. The Kier molecular flexibility index (Phi) is 7.94. The molecule has 0 aromatic heterocycles. The highest BCUT2D eigenvalue weighted by atomic mass is 32.2. The predicted octanol–water partition coefficient (Wildman–Crippen LogP) is 4.45. The molecule has 2 aliphatic heterocycles. The second kappa shape index (κ2) is 9.99. The van der Waals surface area contributed by atoms with Crippen LogP contribution in [0.5, 0.6) is 0 Å². The minimum Gasteiger partial charge on any atom is -0.393 e. The molecule has 6 heteroatoms. The Hall–Kier alpha value is -0.240. The van der Waals surface area contributed by atoms with Crippen LogP contribution in [-0.4, -0.2) is 51.9 Å². The summed E-state index contributed by atoms with van der Waals surface area (Å²) in [7, 11) is 0. The zero-order chi connectivity index (χ0) is 19.2. The molecule has 0 bridgehead atoms. The van der Waals surface area contributed by atoms with E-state index >= 15 is 0 Å². The third-order valence-corrected chi connectivity index (χ3v) is 8.29. The summed E-state index contributed by atoms with van der Waals surface area (Å²) in [5.41, 5.74) is 1.17. The highest BCUT2D eigenvalue weighted by molar-refractivity contribution is 8.18. The van der Waals surface area contributed by atoms with Crippen LogP contribution >= 0.6 is 23.5 Å². The standard InChI is InChI=1S/C21H32O4S2/c1-20(2)24-16-19(25-20)14-21(26-11-6-12-27-21)13-18(22)9-10-23-15-17-7-4-3-5-8-17/h3-5,7-8,18-19,22H,6,9-16H2,1-2H3/t18-,19+/m1/s1. The van der Waals surface area contributed by atoms with Crippen molar-refractivity contribution in [1.82, 2.24) is 0 Å². The largest absolute Gasteiger partial charge is 0.393 e. The second-order valence-electron chi connectivity index (χ2n) is 7.80. The Labute approximate surface area is 171 Å². The summed E-state index contributed by atoms with van der Waals surface area (Å²) in [6.07, 6.45) is 3.36. The minimum atomic E-state index is -0.486. The van der Waals surface area contributed by atoms with Gasteiger partial charge in [-0.3, -0.25) is 0 Å². The number of ether oxygens (including phenoxy) is 3. The van der Waals surface area contributed by atoms with Gasteiger partial charge in [-0.1, -0.05) is 30.3 Å². The van der Waals surface area contributed by atoms with E-state index in [4.69, 9.17) is 14.2 Å². The molecule has 1 aromatic carbocycles. The van der Waals surface area contributed by atoms with Crippen LogP contribution in [0.4, 0.5) is 0 Å². The van der Waals surface area contributed by atoms with Crippen molar-refractivity contribution in [2.24, 2.45) is 0 Å². The lowest BCUT2D eigenvalue weighted by molar-refractivity contribution is -0.139. The van der Waals surface area contributed by atoms with Gasteiger partial charge in [0, 0.05) is 6.61 Å². The molecule has 2 heterocycles. The molecule has 1 aromatic rings. The van der Waals surface area contributed by atoms with Crippen LogP contribution in [0.3, 0.4) is 0 Å². The van der Waals surface area contributed by atoms with E-state index in [1.807, 2.05) is 55.6 Å². The molecule has 2 aliphatic rings. The maximum atomic E-state index is 10.7. The number of hydrogen-bond donors (Lipinski definition) is 1. The predicted molar refractivity (Wildman–Crippen MR) is 113 cm³/mol. The van der Waals surface area contributed by atoms with Crippen LogP contribution in [-0.2, 0) is 20.8 Å². The van der Waals surface area contributed by atoms with Crippen molar-refractivity contribution < 1.29 is 19.3 Å². The van der Waals surface area contributed by atoms with Crippen molar-refractivity contribution in [3.05, 3.63) is 35.9 Å². The Morgan fingerprint density at radius 1 is 1.22 bits per heavy atom. The molecule has 3 rings (SSSR count). The van der Waals surface area contributed by atoms with Crippen LogP contribution in [0.2, 0.25) is 0 Å². The summed E-state index contributed by atoms with van der Waals surface area (Å²) in [6.45, 7) is 5.77. The molecule has 0 spiro atoms. The van der Waals surface area contributed by atoms with Crippen molar-refractivity contribution in [3.63, 3.8) is 0 Å². The fraction of sp³-hybridized carbons (Fsp3) is 0.714. The molecule has 27 heavy (non-hydrogen) atoms. The van der Waals surface area contributed by atoms with Crippen LogP contribution in [0.15, 0.2) is 30.3 Å². The summed E-state index contributed by atoms with van der Waals surface area (Å²) < 4.78 is 17.6. The van der Waals surface area contributed by atoms with E-state index in [-0.39, 0.29) is 16.3 Å². The average Bonchev–Trinajstić information content (AvgIpc) is 2.98. The van der Waals surface area contributed by atoms with E-state index < -0.39 is 5.79 Å².